The Balaban J connectivity index is 2.25. The third-order valence-electron chi connectivity index (χ3n) is 4.19. The number of alkyl halides is 2. The van der Waals surface area contributed by atoms with Gasteiger partial charge in [-0.25, -0.2) is 8.78 Å². The summed E-state index contributed by atoms with van der Waals surface area (Å²) in [5.74, 6) is 0.757. The van der Waals surface area contributed by atoms with Gasteiger partial charge < -0.3 is 15.1 Å². The quantitative estimate of drug-likeness (QED) is 0.539. The van der Waals surface area contributed by atoms with Crippen molar-refractivity contribution >= 4 is 17.5 Å². The molecule has 0 radical (unpaired) electrons. The number of fused-ring (bicyclic) bond motifs is 1. The molecule has 2 aliphatic heterocycles. The molecule has 2 rings (SSSR count). The van der Waals surface area contributed by atoms with Gasteiger partial charge in [0.25, 0.3) is 11.8 Å². The average molecular weight is 357 g/mol. The first-order chi connectivity index (χ1) is 11.8. The van der Waals surface area contributed by atoms with Gasteiger partial charge in [-0.15, -0.1) is 0 Å². The van der Waals surface area contributed by atoms with E-state index < -0.39 is 36.5 Å². The number of allylic oxidation sites excluding steroid dienone is 1. The second kappa shape index (κ2) is 7.73. The lowest BCUT2D eigenvalue weighted by Crippen LogP contribution is -2.52. The molecule has 3 N–H and O–H groups in total. The van der Waals surface area contributed by atoms with Gasteiger partial charge in [0, 0.05) is 32.2 Å². The number of amides is 1. The summed E-state index contributed by atoms with van der Waals surface area (Å²) in [6, 6.07) is -0.897. The number of hydrogen-bond donors (Lipinski definition) is 2. The van der Waals surface area contributed by atoms with E-state index in [4.69, 9.17) is 10.6 Å². The zero-order chi connectivity index (χ0) is 18.6. The number of carbonyl (C=O) groups is 3. The number of halogens is 2. The Morgan fingerprint density at radius 1 is 1.48 bits per heavy atom. The highest BCUT2D eigenvalue weighted by molar-refractivity contribution is 6.09. The molecule has 138 valence electrons. The van der Waals surface area contributed by atoms with Gasteiger partial charge in [0.05, 0.1) is 12.6 Å². The number of hydrazine groups is 1. The van der Waals surface area contributed by atoms with Gasteiger partial charge in [0.15, 0.2) is 11.5 Å². The number of hydrogen-bond acceptors (Lipinski definition) is 6. The van der Waals surface area contributed by atoms with Crippen molar-refractivity contribution in [3.63, 3.8) is 0 Å². The number of Topliss-reactive ketones (excluding diaryl/α,β-unsaturated/α-hetero) is 1. The zero-order valence-electron chi connectivity index (χ0n) is 13.9. The van der Waals surface area contributed by atoms with Crippen molar-refractivity contribution in [1.82, 2.24) is 10.3 Å². The molecule has 9 heteroatoms. The number of ether oxygens (including phenoxy) is 1. The molecule has 0 saturated carbocycles. The predicted molar refractivity (Wildman–Crippen MR) is 84.0 cm³/mol. The van der Waals surface area contributed by atoms with Crippen molar-refractivity contribution in [1.29, 1.82) is 0 Å². The van der Waals surface area contributed by atoms with Crippen molar-refractivity contribution in [2.75, 3.05) is 13.2 Å². The summed E-state index contributed by atoms with van der Waals surface area (Å²) in [7, 11) is 0. The van der Waals surface area contributed by atoms with Gasteiger partial charge in [-0.2, -0.15) is 0 Å². The number of nitrogens with two attached hydrogens (primary N) is 1. The summed E-state index contributed by atoms with van der Waals surface area (Å²) < 4.78 is 32.5. The van der Waals surface area contributed by atoms with Crippen molar-refractivity contribution in [2.24, 2.45) is 5.84 Å². The highest BCUT2D eigenvalue weighted by Gasteiger charge is 2.43. The van der Waals surface area contributed by atoms with Crippen LogP contribution in [0.2, 0.25) is 0 Å². The van der Waals surface area contributed by atoms with Gasteiger partial charge in [-0.05, 0) is 6.08 Å². The van der Waals surface area contributed by atoms with Gasteiger partial charge in [-0.1, -0.05) is 13.0 Å². The third kappa shape index (κ3) is 4.41. The van der Waals surface area contributed by atoms with E-state index in [0.717, 1.165) is 6.08 Å². The monoisotopic (exact) mass is 357 g/mol. The van der Waals surface area contributed by atoms with Crippen LogP contribution in [0.25, 0.3) is 0 Å². The number of nitrogens with zero attached hydrogens (tertiary/aromatic N) is 1. The number of nitrogens with one attached hydrogen (secondary N) is 1. The summed E-state index contributed by atoms with van der Waals surface area (Å²) in [6.07, 6.45) is 1.78. The minimum atomic E-state index is -2.89. The lowest BCUT2D eigenvalue weighted by Gasteiger charge is -2.39. The zero-order valence-corrected chi connectivity index (χ0v) is 13.9. The minimum Gasteiger partial charge on any atom is -0.487 e. The van der Waals surface area contributed by atoms with Gasteiger partial charge in [-0.3, -0.25) is 20.2 Å². The first kappa shape index (κ1) is 19.0. The molecule has 0 aromatic heterocycles. The van der Waals surface area contributed by atoms with Crippen LogP contribution in [0.15, 0.2) is 23.6 Å². The van der Waals surface area contributed by atoms with Crippen LogP contribution in [-0.4, -0.2) is 47.5 Å². The topological polar surface area (TPSA) is 102 Å². The van der Waals surface area contributed by atoms with Crippen LogP contribution < -0.4 is 11.3 Å². The van der Waals surface area contributed by atoms with E-state index in [1.807, 2.05) is 0 Å². The molecule has 1 saturated heterocycles. The van der Waals surface area contributed by atoms with Crippen molar-refractivity contribution in [2.45, 2.75) is 44.6 Å². The summed E-state index contributed by atoms with van der Waals surface area (Å²) in [5.41, 5.74) is 1.85. The fourth-order valence-corrected chi connectivity index (χ4v) is 2.74. The molecule has 2 heterocycles. The lowest BCUT2D eigenvalue weighted by atomic mass is 9.96. The van der Waals surface area contributed by atoms with Crippen LogP contribution in [0.1, 0.15) is 32.6 Å². The Kier molecular flexibility index (Phi) is 5.89. The molecule has 1 amide bonds. The first-order valence-electron chi connectivity index (χ1n) is 8.05. The summed E-state index contributed by atoms with van der Waals surface area (Å²) in [5, 5.41) is 0. The number of rotatable bonds is 6. The molecular weight excluding hydrogens is 336 g/mol. The molecule has 1 fully saturated rings. The summed E-state index contributed by atoms with van der Waals surface area (Å²) >= 11 is 0. The second-order valence-corrected chi connectivity index (χ2v) is 5.94. The third-order valence-corrected chi connectivity index (χ3v) is 4.19. The Morgan fingerprint density at radius 3 is 2.84 bits per heavy atom. The molecule has 7 nitrogen and oxygen atoms in total. The van der Waals surface area contributed by atoms with Crippen molar-refractivity contribution in [3.8, 4) is 0 Å². The summed E-state index contributed by atoms with van der Waals surface area (Å²) in [6.45, 7) is 1.46. The fraction of sp³-hybridized carbons (Fsp3) is 0.562. The predicted octanol–water partition coefficient (Wildman–Crippen LogP) is 0.812. The maximum absolute atomic E-state index is 13.6. The first-order valence-corrected chi connectivity index (χ1v) is 8.05. The highest BCUT2D eigenvalue weighted by atomic mass is 19.3. The normalized spacial score (nSPS) is 27.2. The Hall–Kier alpha value is -2.29. The van der Waals surface area contributed by atoms with Gasteiger partial charge in [0.1, 0.15) is 5.78 Å². The molecular formula is C16H21F2N3O4. The largest absolute Gasteiger partial charge is 0.487 e. The number of carbonyl (C=O) groups excluding carboxylic acids is 3. The maximum Gasteiger partial charge on any atom is 0.275 e. The molecule has 0 bridgehead atoms. The summed E-state index contributed by atoms with van der Waals surface area (Å²) in [4.78, 5) is 37.5. The van der Waals surface area contributed by atoms with Crippen LogP contribution >= 0.6 is 0 Å². The highest BCUT2D eigenvalue weighted by Crippen LogP contribution is 2.33. The Bertz CT molecular complexity index is 631. The SMILES string of the molecule is CCC(=O)CCO/C1=C(/NN)C(=O)N2CCC(F)(F)C[C@H]2/C=C\C1=O. The average Bonchev–Trinajstić information content (AvgIpc) is 2.56. The number of piperidine rings is 1. The Morgan fingerprint density at radius 2 is 2.20 bits per heavy atom. The van der Waals surface area contributed by atoms with E-state index >= 15 is 0 Å². The number of ketones is 2. The van der Waals surface area contributed by atoms with E-state index in [1.165, 1.54) is 11.0 Å². The molecule has 1 atom stereocenters. The van der Waals surface area contributed by atoms with Crippen LogP contribution in [0, 0.1) is 0 Å². The van der Waals surface area contributed by atoms with Crippen molar-refractivity contribution < 1.29 is 27.9 Å². The molecule has 25 heavy (non-hydrogen) atoms. The molecule has 0 unspecified atom stereocenters. The van der Waals surface area contributed by atoms with E-state index in [-0.39, 0.29) is 36.8 Å². The van der Waals surface area contributed by atoms with E-state index in [1.54, 1.807) is 6.92 Å². The Labute approximate surface area is 143 Å². The molecule has 0 spiro atoms. The van der Waals surface area contributed by atoms with E-state index in [9.17, 15) is 23.2 Å². The van der Waals surface area contributed by atoms with Gasteiger partial charge in [0.2, 0.25) is 5.78 Å². The molecule has 0 aliphatic carbocycles. The van der Waals surface area contributed by atoms with E-state index in [2.05, 4.69) is 5.43 Å². The maximum atomic E-state index is 13.6. The fourth-order valence-electron chi connectivity index (χ4n) is 2.74. The van der Waals surface area contributed by atoms with Gasteiger partial charge >= 0.3 is 0 Å². The smallest absolute Gasteiger partial charge is 0.275 e. The lowest BCUT2D eigenvalue weighted by molar-refractivity contribution is -0.138. The molecule has 2 aliphatic rings. The van der Waals surface area contributed by atoms with E-state index in [0.29, 0.717) is 6.42 Å². The van der Waals surface area contributed by atoms with Crippen LogP contribution in [0.3, 0.4) is 0 Å². The minimum absolute atomic E-state index is 0.0543. The van der Waals surface area contributed by atoms with Crippen molar-refractivity contribution in [3.05, 3.63) is 23.6 Å². The van der Waals surface area contributed by atoms with Crippen LogP contribution in [0.4, 0.5) is 8.78 Å². The van der Waals surface area contributed by atoms with Crippen LogP contribution in [-0.2, 0) is 19.1 Å². The molecule has 0 aromatic carbocycles. The molecule has 0 aromatic rings. The standard InChI is InChI=1S/C16H21F2N3O4/c1-2-11(22)5-8-25-14-12(23)4-3-10-9-16(17,18)6-7-21(10)15(24)13(14)20-19/h3-4,10,20H,2,5-9,19H2,1H3/b4-3-,14-13+/t10-/m1/s1. The van der Waals surface area contributed by atoms with Crippen LogP contribution in [0.5, 0.6) is 0 Å². The second-order valence-electron chi connectivity index (χ2n) is 5.94.